The fraction of sp³-hybridized carbons (Fsp3) is 0.350. The van der Waals surface area contributed by atoms with Crippen molar-refractivity contribution >= 4 is 27.2 Å². The van der Waals surface area contributed by atoms with Crippen LogP contribution in [0.5, 0.6) is 5.75 Å². The van der Waals surface area contributed by atoms with Gasteiger partial charge >= 0.3 is 4.87 Å². The zero-order valence-corrected chi connectivity index (χ0v) is 16.0. The Morgan fingerprint density at radius 1 is 1.08 bits per heavy atom. The molecular formula is C20H23N3O2S. The maximum absolute atomic E-state index is 11.8. The molecule has 136 valence electrons. The van der Waals surface area contributed by atoms with Crippen LogP contribution in [0.25, 0.3) is 10.2 Å². The summed E-state index contributed by atoms with van der Waals surface area (Å²) in [6.07, 6.45) is 0. The predicted molar refractivity (Wildman–Crippen MR) is 108 cm³/mol. The first-order valence-electron chi connectivity index (χ1n) is 8.84. The normalized spacial score (nSPS) is 15.5. The number of aromatic nitrogens is 1. The molecule has 0 radical (unpaired) electrons. The van der Waals surface area contributed by atoms with Crippen molar-refractivity contribution in [2.75, 3.05) is 38.2 Å². The molecular weight excluding hydrogens is 346 g/mol. The zero-order chi connectivity index (χ0) is 18.1. The lowest BCUT2D eigenvalue weighted by Gasteiger charge is -2.36. The predicted octanol–water partition coefficient (Wildman–Crippen LogP) is 2.93. The van der Waals surface area contributed by atoms with Gasteiger partial charge < -0.3 is 14.2 Å². The Morgan fingerprint density at radius 2 is 1.88 bits per heavy atom. The second-order valence-corrected chi connectivity index (χ2v) is 7.69. The monoisotopic (exact) mass is 369 g/mol. The van der Waals surface area contributed by atoms with Gasteiger partial charge in [-0.2, -0.15) is 0 Å². The number of aryl methyl sites for hydroxylation is 1. The van der Waals surface area contributed by atoms with Crippen molar-refractivity contribution in [3.8, 4) is 5.75 Å². The third kappa shape index (κ3) is 3.34. The Labute approximate surface area is 157 Å². The Kier molecular flexibility index (Phi) is 4.70. The van der Waals surface area contributed by atoms with Gasteiger partial charge in [0.05, 0.1) is 17.3 Å². The fourth-order valence-electron chi connectivity index (χ4n) is 3.51. The van der Waals surface area contributed by atoms with Gasteiger partial charge in [-0.3, -0.25) is 9.69 Å². The molecule has 1 aromatic heterocycles. The SMILES string of the molecule is COc1cccc(N2CCN(Cc3ccc4c(c3)sc(=O)n4C)CC2)c1. The van der Waals surface area contributed by atoms with Crippen LogP contribution < -0.4 is 14.5 Å². The molecule has 2 heterocycles. The van der Waals surface area contributed by atoms with Crippen LogP contribution in [0.1, 0.15) is 5.56 Å². The lowest BCUT2D eigenvalue weighted by atomic mass is 10.1. The number of nitrogens with zero attached hydrogens (tertiary/aromatic N) is 3. The van der Waals surface area contributed by atoms with Crippen molar-refractivity contribution in [3.05, 3.63) is 57.7 Å². The summed E-state index contributed by atoms with van der Waals surface area (Å²) in [5.74, 6) is 0.903. The Balaban J connectivity index is 1.41. The minimum absolute atomic E-state index is 0.101. The highest BCUT2D eigenvalue weighted by molar-refractivity contribution is 7.16. The smallest absolute Gasteiger partial charge is 0.307 e. The molecule has 1 aliphatic rings. The number of benzene rings is 2. The van der Waals surface area contributed by atoms with Gasteiger partial charge in [0, 0.05) is 51.5 Å². The molecule has 0 amide bonds. The first kappa shape index (κ1) is 17.1. The number of hydrogen-bond acceptors (Lipinski definition) is 5. The van der Waals surface area contributed by atoms with E-state index in [1.807, 2.05) is 19.2 Å². The number of fused-ring (bicyclic) bond motifs is 1. The number of ether oxygens (including phenoxy) is 1. The third-order valence-electron chi connectivity index (χ3n) is 5.05. The molecule has 1 fully saturated rings. The summed E-state index contributed by atoms with van der Waals surface area (Å²) in [5, 5.41) is 0. The van der Waals surface area contributed by atoms with Gasteiger partial charge in [0.25, 0.3) is 0 Å². The number of thiazole rings is 1. The average Bonchev–Trinajstić information content (AvgIpc) is 2.96. The number of hydrogen-bond donors (Lipinski definition) is 0. The van der Waals surface area contributed by atoms with E-state index in [9.17, 15) is 4.79 Å². The van der Waals surface area contributed by atoms with Crippen molar-refractivity contribution in [2.45, 2.75) is 6.54 Å². The molecule has 0 atom stereocenters. The van der Waals surface area contributed by atoms with E-state index in [1.54, 1.807) is 11.7 Å². The number of piperazine rings is 1. The van der Waals surface area contributed by atoms with E-state index in [4.69, 9.17) is 4.74 Å². The molecule has 0 bridgehead atoms. The average molecular weight is 369 g/mol. The van der Waals surface area contributed by atoms with Crippen LogP contribution in [0.4, 0.5) is 5.69 Å². The van der Waals surface area contributed by atoms with Crippen LogP contribution in [-0.4, -0.2) is 42.8 Å². The summed E-state index contributed by atoms with van der Waals surface area (Å²) in [7, 11) is 3.54. The highest BCUT2D eigenvalue weighted by atomic mass is 32.1. The molecule has 2 aromatic carbocycles. The molecule has 26 heavy (non-hydrogen) atoms. The molecule has 5 nitrogen and oxygen atoms in total. The van der Waals surface area contributed by atoms with E-state index in [1.165, 1.54) is 22.6 Å². The van der Waals surface area contributed by atoms with Crippen molar-refractivity contribution in [1.82, 2.24) is 9.47 Å². The maximum atomic E-state index is 11.8. The Bertz CT molecular complexity index is 971. The van der Waals surface area contributed by atoms with Gasteiger partial charge in [-0.1, -0.05) is 23.5 Å². The molecule has 4 rings (SSSR count). The van der Waals surface area contributed by atoms with Gasteiger partial charge in [-0.05, 0) is 29.8 Å². The quantitative estimate of drug-likeness (QED) is 0.709. The minimum atomic E-state index is 0.101. The van der Waals surface area contributed by atoms with Gasteiger partial charge in [0.15, 0.2) is 0 Å². The highest BCUT2D eigenvalue weighted by Gasteiger charge is 2.18. The zero-order valence-electron chi connectivity index (χ0n) is 15.1. The van der Waals surface area contributed by atoms with Crippen LogP contribution in [0.15, 0.2) is 47.3 Å². The van der Waals surface area contributed by atoms with Gasteiger partial charge in [0.2, 0.25) is 0 Å². The van der Waals surface area contributed by atoms with E-state index < -0.39 is 0 Å². The van der Waals surface area contributed by atoms with Crippen LogP contribution >= 0.6 is 11.3 Å². The number of rotatable bonds is 4. The topological polar surface area (TPSA) is 37.7 Å². The van der Waals surface area contributed by atoms with Crippen LogP contribution in [0.2, 0.25) is 0 Å². The van der Waals surface area contributed by atoms with Crippen molar-refractivity contribution in [3.63, 3.8) is 0 Å². The van der Waals surface area contributed by atoms with Crippen LogP contribution in [0, 0.1) is 0 Å². The standard InChI is InChI=1S/C20H23N3O2S/c1-21-18-7-6-15(12-19(18)26-20(21)24)14-22-8-10-23(11-9-22)16-4-3-5-17(13-16)25-2/h3-7,12-13H,8-11,14H2,1-2H3. The number of anilines is 1. The molecule has 1 saturated heterocycles. The van der Waals surface area contributed by atoms with Crippen molar-refractivity contribution < 1.29 is 4.74 Å². The lowest BCUT2D eigenvalue weighted by Crippen LogP contribution is -2.45. The highest BCUT2D eigenvalue weighted by Crippen LogP contribution is 2.23. The minimum Gasteiger partial charge on any atom is -0.497 e. The molecule has 0 aliphatic carbocycles. The summed E-state index contributed by atoms with van der Waals surface area (Å²) in [4.78, 5) is 16.8. The maximum Gasteiger partial charge on any atom is 0.307 e. The van der Waals surface area contributed by atoms with Crippen LogP contribution in [-0.2, 0) is 13.6 Å². The van der Waals surface area contributed by atoms with Crippen molar-refractivity contribution in [2.24, 2.45) is 7.05 Å². The van der Waals surface area contributed by atoms with Crippen molar-refractivity contribution in [1.29, 1.82) is 0 Å². The number of methoxy groups -OCH3 is 1. The summed E-state index contributed by atoms with van der Waals surface area (Å²) in [6.45, 7) is 5.00. The molecule has 0 unspecified atom stereocenters. The Morgan fingerprint density at radius 3 is 2.65 bits per heavy atom. The van der Waals surface area contributed by atoms with E-state index in [2.05, 4.69) is 40.1 Å². The van der Waals surface area contributed by atoms with Gasteiger partial charge in [-0.15, -0.1) is 0 Å². The van der Waals surface area contributed by atoms with Crippen LogP contribution in [0.3, 0.4) is 0 Å². The molecule has 0 spiro atoms. The molecule has 6 heteroatoms. The van der Waals surface area contributed by atoms with E-state index >= 15 is 0 Å². The molecule has 0 N–H and O–H groups in total. The fourth-order valence-corrected chi connectivity index (χ4v) is 4.45. The van der Waals surface area contributed by atoms with E-state index in [-0.39, 0.29) is 4.87 Å². The van der Waals surface area contributed by atoms with Gasteiger partial charge in [0.1, 0.15) is 5.75 Å². The van der Waals surface area contributed by atoms with E-state index in [0.29, 0.717) is 0 Å². The molecule has 1 aliphatic heterocycles. The third-order valence-corrected chi connectivity index (χ3v) is 6.05. The Hall–Kier alpha value is -2.31. The first-order chi connectivity index (χ1) is 12.6. The summed E-state index contributed by atoms with van der Waals surface area (Å²) < 4.78 is 8.12. The van der Waals surface area contributed by atoms with E-state index in [0.717, 1.165) is 48.7 Å². The summed E-state index contributed by atoms with van der Waals surface area (Å²) >= 11 is 1.32. The largest absolute Gasteiger partial charge is 0.497 e. The second kappa shape index (κ2) is 7.13. The molecule has 0 saturated carbocycles. The van der Waals surface area contributed by atoms with Gasteiger partial charge in [-0.25, -0.2) is 0 Å². The second-order valence-electron chi connectivity index (χ2n) is 6.69. The molecule has 3 aromatic rings. The lowest BCUT2D eigenvalue weighted by molar-refractivity contribution is 0.250. The first-order valence-corrected chi connectivity index (χ1v) is 9.65. The summed E-state index contributed by atoms with van der Waals surface area (Å²) in [5.41, 5.74) is 3.51. The summed E-state index contributed by atoms with van der Waals surface area (Å²) in [6, 6.07) is 14.6.